The second-order valence-corrected chi connectivity index (χ2v) is 7.55. The van der Waals surface area contributed by atoms with Gasteiger partial charge in [0.15, 0.2) is 0 Å². The van der Waals surface area contributed by atoms with Crippen LogP contribution in [0.5, 0.6) is 0 Å². The molecule has 30 heavy (non-hydrogen) atoms. The van der Waals surface area contributed by atoms with Gasteiger partial charge in [0.2, 0.25) is 0 Å². The molecule has 0 saturated carbocycles. The van der Waals surface area contributed by atoms with Crippen LogP contribution in [-0.4, -0.2) is 57.8 Å². The molecular formula is C23H23FN4O2. The van der Waals surface area contributed by atoms with Crippen LogP contribution in [0.2, 0.25) is 0 Å². The first kappa shape index (κ1) is 19.9. The van der Waals surface area contributed by atoms with Crippen molar-refractivity contribution in [2.75, 3.05) is 26.2 Å². The number of carbonyl (C=O) groups is 2. The molecule has 3 aromatic rings. The van der Waals surface area contributed by atoms with Gasteiger partial charge in [0.25, 0.3) is 11.8 Å². The molecular weight excluding hydrogens is 383 g/mol. The fraction of sp³-hybridized carbons (Fsp3) is 0.304. The van der Waals surface area contributed by atoms with Crippen molar-refractivity contribution in [3.63, 3.8) is 0 Å². The van der Waals surface area contributed by atoms with Gasteiger partial charge in [-0.15, -0.1) is 0 Å². The SMILES string of the molecule is Cc1nc2ccc(C(=O)N3CCCN(C(=O)c4cccc(F)c4)CC3)cc2nc1C. The first-order valence-electron chi connectivity index (χ1n) is 10.0. The van der Waals surface area contributed by atoms with Crippen molar-refractivity contribution in [1.29, 1.82) is 0 Å². The summed E-state index contributed by atoms with van der Waals surface area (Å²) in [6, 6.07) is 11.1. The molecule has 1 aliphatic rings. The van der Waals surface area contributed by atoms with E-state index in [2.05, 4.69) is 9.97 Å². The third-order valence-corrected chi connectivity index (χ3v) is 5.46. The number of rotatable bonds is 2. The molecule has 0 spiro atoms. The minimum Gasteiger partial charge on any atom is -0.337 e. The van der Waals surface area contributed by atoms with Gasteiger partial charge in [-0.3, -0.25) is 9.59 Å². The minimum atomic E-state index is -0.433. The predicted octanol–water partition coefficient (Wildman–Crippen LogP) is 3.37. The number of benzene rings is 2. The Morgan fingerprint density at radius 1 is 0.800 bits per heavy atom. The lowest BCUT2D eigenvalue weighted by atomic mass is 10.1. The monoisotopic (exact) mass is 406 g/mol. The Kier molecular flexibility index (Phi) is 5.44. The van der Waals surface area contributed by atoms with Crippen molar-refractivity contribution in [2.24, 2.45) is 0 Å². The van der Waals surface area contributed by atoms with Crippen LogP contribution in [0.3, 0.4) is 0 Å². The lowest BCUT2D eigenvalue weighted by molar-refractivity contribution is 0.0718. The summed E-state index contributed by atoms with van der Waals surface area (Å²) in [6.45, 7) is 5.73. The average molecular weight is 406 g/mol. The fourth-order valence-electron chi connectivity index (χ4n) is 3.67. The van der Waals surface area contributed by atoms with E-state index in [1.165, 1.54) is 18.2 Å². The van der Waals surface area contributed by atoms with E-state index in [4.69, 9.17) is 0 Å². The van der Waals surface area contributed by atoms with Gasteiger partial charge in [0.1, 0.15) is 5.82 Å². The largest absolute Gasteiger partial charge is 0.337 e. The number of hydrogen-bond acceptors (Lipinski definition) is 4. The minimum absolute atomic E-state index is 0.0861. The van der Waals surface area contributed by atoms with Gasteiger partial charge in [-0.05, 0) is 56.7 Å². The third-order valence-electron chi connectivity index (χ3n) is 5.46. The maximum Gasteiger partial charge on any atom is 0.254 e. The summed E-state index contributed by atoms with van der Waals surface area (Å²) in [6.07, 6.45) is 0.665. The molecule has 0 aliphatic carbocycles. The first-order chi connectivity index (χ1) is 14.4. The van der Waals surface area contributed by atoms with Gasteiger partial charge < -0.3 is 9.80 Å². The number of hydrogen-bond donors (Lipinski definition) is 0. The standard InChI is InChI=1S/C23H23FN4O2/c1-15-16(2)26-21-14-18(7-8-20(21)25-15)23(30)28-10-4-9-27(11-12-28)22(29)17-5-3-6-19(24)13-17/h3,5-8,13-14H,4,9-12H2,1-2H3. The summed E-state index contributed by atoms with van der Waals surface area (Å²) in [5.41, 5.74) is 4.06. The Hall–Kier alpha value is -3.35. The van der Waals surface area contributed by atoms with E-state index >= 15 is 0 Å². The van der Waals surface area contributed by atoms with Gasteiger partial charge in [-0.2, -0.15) is 0 Å². The molecule has 0 radical (unpaired) electrons. The van der Waals surface area contributed by atoms with Crippen molar-refractivity contribution >= 4 is 22.8 Å². The highest BCUT2D eigenvalue weighted by Gasteiger charge is 2.24. The second kappa shape index (κ2) is 8.18. The van der Waals surface area contributed by atoms with E-state index in [-0.39, 0.29) is 11.8 Å². The molecule has 0 bridgehead atoms. The highest BCUT2D eigenvalue weighted by atomic mass is 19.1. The van der Waals surface area contributed by atoms with Crippen LogP contribution < -0.4 is 0 Å². The summed E-state index contributed by atoms with van der Waals surface area (Å²) < 4.78 is 13.5. The van der Waals surface area contributed by atoms with Crippen LogP contribution in [0.4, 0.5) is 4.39 Å². The van der Waals surface area contributed by atoms with Crippen molar-refractivity contribution in [2.45, 2.75) is 20.3 Å². The fourth-order valence-corrected chi connectivity index (χ4v) is 3.67. The number of nitrogens with zero attached hydrogens (tertiary/aromatic N) is 4. The Morgan fingerprint density at radius 3 is 2.03 bits per heavy atom. The molecule has 0 atom stereocenters. The van der Waals surface area contributed by atoms with E-state index in [1.807, 2.05) is 19.9 Å². The van der Waals surface area contributed by atoms with Crippen LogP contribution >= 0.6 is 0 Å². The molecule has 0 N–H and O–H groups in total. The number of halogens is 1. The summed E-state index contributed by atoms with van der Waals surface area (Å²) in [4.78, 5) is 38.3. The smallest absolute Gasteiger partial charge is 0.254 e. The highest BCUT2D eigenvalue weighted by Crippen LogP contribution is 2.17. The van der Waals surface area contributed by atoms with Gasteiger partial charge in [0.05, 0.1) is 22.4 Å². The normalized spacial score (nSPS) is 14.6. The molecule has 0 unspecified atom stereocenters. The predicted molar refractivity (Wildman–Crippen MR) is 112 cm³/mol. The third kappa shape index (κ3) is 4.01. The molecule has 1 fully saturated rings. The molecule has 7 heteroatoms. The van der Waals surface area contributed by atoms with Crippen LogP contribution in [0.25, 0.3) is 11.0 Å². The highest BCUT2D eigenvalue weighted by molar-refractivity contribution is 5.97. The van der Waals surface area contributed by atoms with Crippen molar-refractivity contribution < 1.29 is 14.0 Å². The van der Waals surface area contributed by atoms with Crippen LogP contribution in [0, 0.1) is 19.7 Å². The summed E-state index contributed by atoms with van der Waals surface area (Å²) in [5.74, 6) is -0.732. The van der Waals surface area contributed by atoms with Crippen LogP contribution in [0.15, 0.2) is 42.5 Å². The molecule has 2 aromatic carbocycles. The molecule has 1 aromatic heterocycles. The molecule has 154 valence electrons. The molecule has 1 saturated heterocycles. The zero-order chi connectivity index (χ0) is 21.3. The summed E-state index contributed by atoms with van der Waals surface area (Å²) in [5, 5.41) is 0. The zero-order valence-electron chi connectivity index (χ0n) is 17.1. The summed E-state index contributed by atoms with van der Waals surface area (Å²) >= 11 is 0. The second-order valence-electron chi connectivity index (χ2n) is 7.55. The van der Waals surface area contributed by atoms with E-state index < -0.39 is 5.82 Å². The molecule has 1 aliphatic heterocycles. The number of amides is 2. The molecule has 4 rings (SSSR count). The maximum absolute atomic E-state index is 13.5. The maximum atomic E-state index is 13.5. The van der Waals surface area contributed by atoms with Crippen molar-refractivity contribution in [3.8, 4) is 0 Å². The number of fused-ring (bicyclic) bond motifs is 1. The molecule has 2 heterocycles. The number of aryl methyl sites for hydroxylation is 2. The molecule has 6 nitrogen and oxygen atoms in total. The molecule has 2 amide bonds. The average Bonchev–Trinajstić information content (AvgIpc) is 2.99. The summed E-state index contributed by atoms with van der Waals surface area (Å²) in [7, 11) is 0. The Morgan fingerprint density at radius 2 is 1.40 bits per heavy atom. The quantitative estimate of drug-likeness (QED) is 0.655. The van der Waals surface area contributed by atoms with Crippen LogP contribution in [0.1, 0.15) is 38.5 Å². The van der Waals surface area contributed by atoms with E-state index in [0.29, 0.717) is 49.2 Å². The Balaban J connectivity index is 1.49. The van der Waals surface area contributed by atoms with Gasteiger partial charge >= 0.3 is 0 Å². The van der Waals surface area contributed by atoms with Crippen molar-refractivity contribution in [1.82, 2.24) is 19.8 Å². The first-order valence-corrected chi connectivity index (χ1v) is 10.0. The van der Waals surface area contributed by atoms with E-state index in [0.717, 1.165) is 16.9 Å². The van der Waals surface area contributed by atoms with Gasteiger partial charge in [-0.25, -0.2) is 14.4 Å². The van der Waals surface area contributed by atoms with Gasteiger partial charge in [-0.1, -0.05) is 6.07 Å². The number of carbonyl (C=O) groups excluding carboxylic acids is 2. The Labute approximate surface area is 174 Å². The van der Waals surface area contributed by atoms with E-state index in [1.54, 1.807) is 28.0 Å². The zero-order valence-corrected chi connectivity index (χ0v) is 17.1. The number of aromatic nitrogens is 2. The Bertz CT molecular complexity index is 1130. The van der Waals surface area contributed by atoms with E-state index in [9.17, 15) is 14.0 Å². The lowest BCUT2D eigenvalue weighted by Crippen LogP contribution is -2.37. The van der Waals surface area contributed by atoms with Crippen LogP contribution in [-0.2, 0) is 0 Å². The lowest BCUT2D eigenvalue weighted by Gasteiger charge is -2.22. The van der Waals surface area contributed by atoms with Crippen molar-refractivity contribution in [3.05, 3.63) is 70.8 Å². The van der Waals surface area contributed by atoms with Gasteiger partial charge in [0, 0.05) is 37.3 Å². The topological polar surface area (TPSA) is 66.4 Å².